The fraction of sp³-hybridized carbons (Fsp3) is 0.200. The average molecular weight is 308 g/mol. The fourth-order valence-corrected chi connectivity index (χ4v) is 2.03. The van der Waals surface area contributed by atoms with Crippen LogP contribution < -0.4 is 0 Å². The molecule has 0 amide bonds. The molecular weight excluding hydrogens is 301 g/mol. The zero-order valence-corrected chi connectivity index (χ0v) is 10.4. The van der Waals surface area contributed by atoms with Gasteiger partial charge in [0.25, 0.3) is 10.1 Å². The van der Waals surface area contributed by atoms with Crippen molar-refractivity contribution in [3.8, 4) is 11.4 Å². The van der Waals surface area contributed by atoms with Gasteiger partial charge >= 0.3 is 12.1 Å². The molecule has 0 unspecified atom stereocenters. The second kappa shape index (κ2) is 4.87. The highest BCUT2D eigenvalue weighted by molar-refractivity contribution is 7.85. The molecule has 0 bridgehead atoms. The Balaban J connectivity index is 2.24. The number of hydrogen-bond donors (Lipinski definition) is 1. The van der Waals surface area contributed by atoms with E-state index in [1.165, 1.54) is 24.3 Å². The Kier molecular flexibility index (Phi) is 3.52. The maximum absolute atomic E-state index is 12.3. The predicted molar refractivity (Wildman–Crippen MR) is 60.0 cm³/mol. The molecule has 0 saturated carbocycles. The monoisotopic (exact) mass is 308 g/mol. The van der Waals surface area contributed by atoms with E-state index in [4.69, 9.17) is 4.55 Å². The molecule has 2 aromatic rings. The summed E-state index contributed by atoms with van der Waals surface area (Å²) in [5.41, 5.74) is 0.499. The molecule has 0 aliphatic carbocycles. The van der Waals surface area contributed by atoms with Gasteiger partial charge in [-0.25, -0.2) is 0 Å². The van der Waals surface area contributed by atoms with E-state index in [2.05, 4.69) is 14.7 Å². The Hall–Kier alpha value is -1.94. The molecule has 2 rings (SSSR count). The molecule has 0 fully saturated rings. The summed E-state index contributed by atoms with van der Waals surface area (Å²) in [6, 6.07) is 5.30. The van der Waals surface area contributed by atoms with Crippen molar-refractivity contribution in [3.63, 3.8) is 0 Å². The number of nitrogens with zero attached hydrogens (tertiary/aromatic N) is 2. The van der Waals surface area contributed by atoms with E-state index >= 15 is 0 Å². The highest BCUT2D eigenvalue weighted by atomic mass is 32.2. The summed E-state index contributed by atoms with van der Waals surface area (Å²) in [7, 11) is -4.17. The summed E-state index contributed by atoms with van der Waals surface area (Å²) in [6.45, 7) is 0. The minimum absolute atomic E-state index is 0.225. The number of alkyl halides is 3. The smallest absolute Gasteiger partial charge is 0.329 e. The lowest BCUT2D eigenvalue weighted by Crippen LogP contribution is -2.04. The standard InChI is InChI=1S/C10H7F3N2O4S/c11-10(12,13)9-14-8(15-19-9)7-3-1-6(2-4-7)5-20(16,17)18/h1-4H,5H2,(H,16,17,18). The van der Waals surface area contributed by atoms with Gasteiger partial charge in [-0.15, -0.1) is 0 Å². The van der Waals surface area contributed by atoms with E-state index in [-0.39, 0.29) is 17.0 Å². The van der Waals surface area contributed by atoms with E-state index in [9.17, 15) is 21.6 Å². The van der Waals surface area contributed by atoms with Gasteiger partial charge in [0.2, 0.25) is 5.82 Å². The van der Waals surface area contributed by atoms with Crippen LogP contribution in [-0.4, -0.2) is 23.1 Å². The Labute approximate surface area is 111 Å². The van der Waals surface area contributed by atoms with E-state index in [0.29, 0.717) is 0 Å². The minimum Gasteiger partial charge on any atom is -0.329 e. The van der Waals surface area contributed by atoms with Gasteiger partial charge in [0, 0.05) is 5.56 Å². The Morgan fingerprint density at radius 3 is 2.25 bits per heavy atom. The summed E-state index contributed by atoms with van der Waals surface area (Å²) in [5, 5.41) is 3.18. The molecule has 0 atom stereocenters. The van der Waals surface area contributed by atoms with E-state index in [1.54, 1.807) is 0 Å². The largest absolute Gasteiger partial charge is 0.471 e. The van der Waals surface area contributed by atoms with Crippen molar-refractivity contribution >= 4 is 10.1 Å². The normalized spacial score (nSPS) is 12.6. The molecule has 0 aliphatic rings. The fourth-order valence-electron chi connectivity index (χ4n) is 1.42. The van der Waals surface area contributed by atoms with Gasteiger partial charge in [-0.2, -0.15) is 26.6 Å². The van der Waals surface area contributed by atoms with Crippen LogP contribution in [0, 0.1) is 0 Å². The number of benzene rings is 1. The van der Waals surface area contributed by atoms with Crippen molar-refractivity contribution in [1.29, 1.82) is 0 Å². The van der Waals surface area contributed by atoms with Crippen LogP contribution in [0.2, 0.25) is 0 Å². The molecule has 10 heteroatoms. The van der Waals surface area contributed by atoms with E-state index in [1.807, 2.05) is 0 Å². The van der Waals surface area contributed by atoms with Crippen LogP contribution >= 0.6 is 0 Å². The zero-order valence-electron chi connectivity index (χ0n) is 9.63. The van der Waals surface area contributed by atoms with Crippen LogP contribution in [0.3, 0.4) is 0 Å². The maximum Gasteiger partial charge on any atom is 0.471 e. The number of hydrogen-bond acceptors (Lipinski definition) is 5. The van der Waals surface area contributed by atoms with Gasteiger partial charge in [-0.1, -0.05) is 29.4 Å². The summed E-state index contributed by atoms with van der Waals surface area (Å²) < 4.78 is 70.9. The van der Waals surface area contributed by atoms with Crippen LogP contribution in [-0.2, 0) is 22.0 Å². The molecule has 1 N–H and O–H groups in total. The van der Waals surface area contributed by atoms with Crippen LogP contribution in [0.4, 0.5) is 13.2 Å². The number of halogens is 3. The third-order valence-corrected chi connectivity index (χ3v) is 2.93. The van der Waals surface area contributed by atoms with Gasteiger partial charge in [-0.05, 0) is 5.56 Å². The molecule has 108 valence electrons. The molecule has 0 saturated heterocycles. The van der Waals surface area contributed by atoms with Crippen molar-refractivity contribution in [2.24, 2.45) is 0 Å². The molecule has 1 aromatic heterocycles. The van der Waals surface area contributed by atoms with Crippen molar-refractivity contribution < 1.29 is 30.7 Å². The topological polar surface area (TPSA) is 93.3 Å². The first-order chi connectivity index (χ1) is 9.15. The summed E-state index contributed by atoms with van der Waals surface area (Å²) in [4.78, 5) is 3.19. The lowest BCUT2D eigenvalue weighted by atomic mass is 10.1. The Bertz CT molecular complexity index is 707. The van der Waals surface area contributed by atoms with Crippen LogP contribution in [0.15, 0.2) is 28.8 Å². The summed E-state index contributed by atoms with van der Waals surface area (Å²) in [6.07, 6.45) is -4.73. The van der Waals surface area contributed by atoms with Crippen molar-refractivity contribution in [2.45, 2.75) is 11.9 Å². The third-order valence-electron chi connectivity index (χ3n) is 2.23. The average Bonchev–Trinajstić information content (AvgIpc) is 2.76. The predicted octanol–water partition coefficient (Wildman–Crippen LogP) is 2.14. The number of aromatic nitrogens is 2. The van der Waals surface area contributed by atoms with Crippen molar-refractivity contribution in [1.82, 2.24) is 10.1 Å². The molecule has 6 nitrogen and oxygen atoms in total. The molecule has 1 heterocycles. The van der Waals surface area contributed by atoms with Crippen LogP contribution in [0.1, 0.15) is 11.5 Å². The van der Waals surface area contributed by atoms with Crippen molar-refractivity contribution in [2.75, 3.05) is 0 Å². The molecule has 0 aliphatic heterocycles. The lowest BCUT2D eigenvalue weighted by molar-refractivity contribution is -0.159. The molecule has 1 aromatic carbocycles. The highest BCUT2D eigenvalue weighted by Gasteiger charge is 2.38. The first-order valence-corrected chi connectivity index (χ1v) is 6.71. The van der Waals surface area contributed by atoms with Gasteiger partial charge in [0.1, 0.15) is 5.75 Å². The lowest BCUT2D eigenvalue weighted by Gasteiger charge is -1.99. The maximum atomic E-state index is 12.3. The Morgan fingerprint density at radius 1 is 1.20 bits per heavy atom. The van der Waals surface area contributed by atoms with Gasteiger partial charge in [-0.3, -0.25) is 4.55 Å². The second-order valence-corrected chi connectivity index (χ2v) is 5.30. The summed E-state index contributed by atoms with van der Waals surface area (Å²) >= 11 is 0. The third kappa shape index (κ3) is 3.54. The summed E-state index contributed by atoms with van der Waals surface area (Å²) in [5.74, 6) is -2.32. The van der Waals surface area contributed by atoms with Crippen LogP contribution in [0.25, 0.3) is 11.4 Å². The van der Waals surface area contributed by atoms with Crippen LogP contribution in [0.5, 0.6) is 0 Å². The first-order valence-electron chi connectivity index (χ1n) is 5.10. The van der Waals surface area contributed by atoms with Gasteiger partial charge in [0.15, 0.2) is 0 Å². The van der Waals surface area contributed by atoms with Gasteiger partial charge < -0.3 is 4.52 Å². The second-order valence-electron chi connectivity index (χ2n) is 3.84. The zero-order chi connectivity index (χ0) is 15.0. The molecular formula is C10H7F3N2O4S. The van der Waals surface area contributed by atoms with E-state index < -0.39 is 27.9 Å². The van der Waals surface area contributed by atoms with Crippen molar-refractivity contribution in [3.05, 3.63) is 35.7 Å². The SMILES string of the molecule is O=S(=O)(O)Cc1ccc(-c2noc(C(F)(F)F)n2)cc1. The molecule has 0 spiro atoms. The molecule has 20 heavy (non-hydrogen) atoms. The number of rotatable bonds is 3. The molecule has 0 radical (unpaired) electrons. The minimum atomic E-state index is -4.73. The Morgan fingerprint density at radius 2 is 1.80 bits per heavy atom. The van der Waals surface area contributed by atoms with Gasteiger partial charge in [0.05, 0.1) is 0 Å². The first kappa shape index (κ1) is 14.5. The highest BCUT2D eigenvalue weighted by Crippen LogP contribution is 2.29. The quantitative estimate of drug-likeness (QED) is 0.873. The van der Waals surface area contributed by atoms with E-state index in [0.717, 1.165) is 0 Å².